The first-order chi connectivity index (χ1) is 7.86. The molecular weight excluding hydrogens is 180 g/mol. The van der Waals surface area contributed by atoms with Gasteiger partial charge < -0.3 is 0 Å². The lowest BCUT2D eigenvalue weighted by Gasteiger charge is -1.94. The number of hydrogen-bond donors (Lipinski definition) is 0. The molecule has 0 radical (unpaired) electrons. The summed E-state index contributed by atoms with van der Waals surface area (Å²) in [6.07, 6.45) is 2.76. The predicted molar refractivity (Wildman–Crippen MR) is 65.6 cm³/mol. The molecule has 0 aliphatic heterocycles. The second kappa shape index (κ2) is 5.16. The van der Waals surface area contributed by atoms with Crippen LogP contribution in [0.15, 0.2) is 66.7 Å². The highest BCUT2D eigenvalue weighted by atomic mass is 13.9. The molecule has 0 saturated carbocycles. The van der Waals surface area contributed by atoms with E-state index >= 15 is 0 Å². The molecule has 2 aromatic carbocycles. The van der Waals surface area contributed by atoms with Gasteiger partial charge in [0.1, 0.15) is 0 Å². The molecule has 0 heteroatoms. The van der Waals surface area contributed by atoms with E-state index in [9.17, 15) is 0 Å². The van der Waals surface area contributed by atoms with Crippen LogP contribution in [0.5, 0.6) is 0 Å². The van der Waals surface area contributed by atoms with Crippen molar-refractivity contribution >= 4 is 6.05 Å². The Hall–Kier alpha value is -1.82. The summed E-state index contributed by atoms with van der Waals surface area (Å²) in [6.45, 7) is 0. The molecule has 0 aliphatic rings. The first kappa shape index (κ1) is 8.49. The summed E-state index contributed by atoms with van der Waals surface area (Å²) in [7, 11) is 0. The van der Waals surface area contributed by atoms with Gasteiger partial charge in [-0.2, -0.15) is 0 Å². The van der Waals surface area contributed by atoms with Crippen LogP contribution in [0.3, 0.4) is 0 Å². The highest BCUT2D eigenvalue weighted by Crippen LogP contribution is 2.04. The summed E-state index contributed by atoms with van der Waals surface area (Å²) < 4.78 is 7.92. The lowest BCUT2D eigenvalue weighted by Crippen LogP contribution is -1.78. The molecule has 0 unspecified atom stereocenters. The van der Waals surface area contributed by atoms with E-state index in [1.165, 1.54) is 5.56 Å². The van der Waals surface area contributed by atoms with Gasteiger partial charge in [0.2, 0.25) is 0 Å². The minimum atomic E-state index is 0.587. The summed E-state index contributed by atoms with van der Waals surface area (Å²) in [5.41, 5.74) is 2.21. The van der Waals surface area contributed by atoms with E-state index in [0.717, 1.165) is 12.0 Å². The van der Waals surface area contributed by atoms with Gasteiger partial charge in [0.25, 0.3) is 0 Å². The monoisotopic (exact) mass is 195 g/mol. The maximum absolute atomic E-state index is 7.92. The smallest absolute Gasteiger partial charge is 0.0626 e. The van der Waals surface area contributed by atoms with E-state index in [0.29, 0.717) is 6.05 Å². The topological polar surface area (TPSA) is 0 Å². The lowest BCUT2D eigenvalue weighted by atomic mass is 10.1. The van der Waals surface area contributed by atoms with E-state index in [1.807, 2.05) is 54.6 Å². The van der Waals surface area contributed by atoms with E-state index in [1.54, 1.807) is 0 Å². The van der Waals surface area contributed by atoms with Crippen molar-refractivity contribution in [2.45, 2.75) is 6.42 Å². The van der Waals surface area contributed by atoms with Crippen molar-refractivity contribution in [3.05, 3.63) is 77.9 Å². The van der Waals surface area contributed by atoms with Crippen molar-refractivity contribution in [2.75, 3.05) is 0 Å². The third-order valence-electron chi connectivity index (χ3n) is 2.22. The zero-order chi connectivity index (χ0) is 11.2. The van der Waals surface area contributed by atoms with Gasteiger partial charge in [-0.25, -0.2) is 0 Å². The molecule has 0 heterocycles. The normalized spacial score (nSPS) is 12.3. The standard InChI is InChI=1S/C15H14/c1-3-8-14(9-4-1)12-7-13-15-10-5-2-6-11-15/h1-12H,13H2/i12D. The summed E-state index contributed by atoms with van der Waals surface area (Å²) in [5, 5.41) is 0. The van der Waals surface area contributed by atoms with Crippen LogP contribution >= 0.6 is 0 Å². The maximum atomic E-state index is 7.92. The molecule has 74 valence electrons. The zero-order valence-corrected chi connectivity index (χ0v) is 8.56. The van der Waals surface area contributed by atoms with E-state index in [4.69, 9.17) is 1.37 Å². The largest absolute Gasteiger partial charge is 0.0795 e. The molecule has 0 fully saturated rings. The minimum Gasteiger partial charge on any atom is -0.0795 e. The van der Waals surface area contributed by atoms with Gasteiger partial charge in [-0.15, -0.1) is 0 Å². The Morgan fingerprint density at radius 2 is 1.47 bits per heavy atom. The predicted octanol–water partition coefficient (Wildman–Crippen LogP) is 3.94. The van der Waals surface area contributed by atoms with Crippen LogP contribution in [-0.2, 0) is 6.42 Å². The molecule has 0 amide bonds. The number of rotatable bonds is 3. The van der Waals surface area contributed by atoms with Crippen molar-refractivity contribution < 1.29 is 1.37 Å². The average molecular weight is 195 g/mol. The first-order valence-corrected chi connectivity index (χ1v) is 5.12. The van der Waals surface area contributed by atoms with Gasteiger partial charge in [-0.1, -0.05) is 72.8 Å². The Morgan fingerprint density at radius 3 is 2.13 bits per heavy atom. The van der Waals surface area contributed by atoms with Crippen LogP contribution in [0.4, 0.5) is 0 Å². The Morgan fingerprint density at radius 1 is 0.867 bits per heavy atom. The Balaban J connectivity index is 2.09. The lowest BCUT2D eigenvalue weighted by molar-refractivity contribution is 1.28. The fourth-order valence-electron chi connectivity index (χ4n) is 1.44. The fourth-order valence-corrected chi connectivity index (χ4v) is 1.44. The molecule has 0 aliphatic carbocycles. The van der Waals surface area contributed by atoms with E-state index in [-0.39, 0.29) is 0 Å². The molecule has 0 aromatic heterocycles. The number of hydrogen-bond acceptors (Lipinski definition) is 0. The Kier molecular flexibility index (Phi) is 2.92. The van der Waals surface area contributed by atoms with Crippen LogP contribution < -0.4 is 0 Å². The molecule has 2 aromatic rings. The van der Waals surface area contributed by atoms with Gasteiger partial charge >= 0.3 is 0 Å². The van der Waals surface area contributed by atoms with Gasteiger partial charge in [0.15, 0.2) is 0 Å². The van der Waals surface area contributed by atoms with Crippen molar-refractivity contribution in [1.82, 2.24) is 0 Å². The molecule has 0 nitrogen and oxygen atoms in total. The van der Waals surface area contributed by atoms with Gasteiger partial charge in [0, 0.05) is 0 Å². The Bertz CT molecular complexity index is 457. The van der Waals surface area contributed by atoms with Crippen molar-refractivity contribution in [3.63, 3.8) is 0 Å². The second-order valence-electron chi connectivity index (χ2n) is 3.40. The highest BCUT2D eigenvalue weighted by molar-refractivity contribution is 5.49. The second-order valence-corrected chi connectivity index (χ2v) is 3.40. The maximum Gasteiger partial charge on any atom is 0.0626 e. The minimum absolute atomic E-state index is 0.587. The van der Waals surface area contributed by atoms with E-state index in [2.05, 4.69) is 12.1 Å². The molecular formula is C15H14. The number of benzene rings is 2. The third-order valence-corrected chi connectivity index (χ3v) is 2.22. The zero-order valence-electron chi connectivity index (χ0n) is 9.56. The highest BCUT2D eigenvalue weighted by Gasteiger charge is 1.86. The molecule has 0 bridgehead atoms. The molecule has 0 N–H and O–H groups in total. The summed E-state index contributed by atoms with van der Waals surface area (Å²) in [6, 6.07) is 20.6. The van der Waals surface area contributed by atoms with Crippen molar-refractivity contribution in [1.29, 1.82) is 0 Å². The molecule has 0 spiro atoms. The average Bonchev–Trinajstić information content (AvgIpc) is 2.38. The Labute approximate surface area is 92.3 Å². The first-order valence-electron chi connectivity index (χ1n) is 5.62. The van der Waals surface area contributed by atoms with Crippen molar-refractivity contribution in [3.8, 4) is 0 Å². The summed E-state index contributed by atoms with van der Waals surface area (Å²) in [4.78, 5) is 0. The number of allylic oxidation sites excluding steroid dienone is 1. The van der Waals surface area contributed by atoms with E-state index < -0.39 is 0 Å². The van der Waals surface area contributed by atoms with Gasteiger partial charge in [-0.3, -0.25) is 0 Å². The summed E-state index contributed by atoms with van der Waals surface area (Å²) >= 11 is 0. The molecule has 0 atom stereocenters. The van der Waals surface area contributed by atoms with Crippen LogP contribution in [0.2, 0.25) is 0 Å². The van der Waals surface area contributed by atoms with Crippen LogP contribution in [-0.4, -0.2) is 0 Å². The molecule has 2 rings (SSSR count). The van der Waals surface area contributed by atoms with Crippen LogP contribution in [0.25, 0.3) is 6.05 Å². The quantitative estimate of drug-likeness (QED) is 0.695. The van der Waals surface area contributed by atoms with Gasteiger partial charge in [-0.05, 0) is 17.5 Å². The summed E-state index contributed by atoms with van der Waals surface area (Å²) in [5.74, 6) is 0. The van der Waals surface area contributed by atoms with Crippen LogP contribution in [0.1, 0.15) is 12.5 Å². The fraction of sp³-hybridized carbons (Fsp3) is 0.0667. The third kappa shape index (κ3) is 3.10. The van der Waals surface area contributed by atoms with Crippen molar-refractivity contribution in [2.24, 2.45) is 0 Å². The SMILES string of the molecule is [2H]C(=CCc1ccccc1)c1ccccc1. The van der Waals surface area contributed by atoms with Gasteiger partial charge in [0.05, 0.1) is 1.37 Å². The molecule has 0 saturated heterocycles. The van der Waals surface area contributed by atoms with Crippen LogP contribution in [0, 0.1) is 0 Å². The molecule has 15 heavy (non-hydrogen) atoms.